The topological polar surface area (TPSA) is 67.6 Å². The van der Waals surface area contributed by atoms with E-state index in [1.54, 1.807) is 0 Å². The first-order chi connectivity index (χ1) is 5.41. The van der Waals surface area contributed by atoms with Crippen LogP contribution >= 0.6 is 0 Å². The Labute approximate surface area is 72.6 Å². The predicted molar refractivity (Wildman–Crippen MR) is 47.5 cm³/mol. The predicted octanol–water partition coefficient (Wildman–Crippen LogP) is 1.16. The fourth-order valence-electron chi connectivity index (χ4n) is 0.886. The summed E-state index contributed by atoms with van der Waals surface area (Å²) in [6, 6.07) is -0.109. The molecule has 0 unspecified atom stereocenters. The van der Waals surface area contributed by atoms with E-state index in [2.05, 4.69) is 36.0 Å². The Morgan fingerprint density at radius 2 is 2.00 bits per heavy atom. The Morgan fingerprint density at radius 1 is 1.42 bits per heavy atom. The summed E-state index contributed by atoms with van der Waals surface area (Å²) in [5.41, 5.74) is 5.95. The van der Waals surface area contributed by atoms with Gasteiger partial charge in [-0.05, 0) is 12.3 Å². The molecule has 0 spiro atoms. The molecular weight excluding hydrogens is 152 g/mol. The minimum Gasteiger partial charge on any atom is -0.321 e. The monoisotopic (exact) mass is 168 g/mol. The average Bonchev–Trinajstić information content (AvgIpc) is 2.32. The number of hydrogen-bond acceptors (Lipinski definition) is 3. The summed E-state index contributed by atoms with van der Waals surface area (Å²) >= 11 is 0. The van der Waals surface area contributed by atoms with Crippen molar-refractivity contribution >= 4 is 0 Å². The third-order valence-corrected chi connectivity index (χ3v) is 1.83. The summed E-state index contributed by atoms with van der Waals surface area (Å²) in [6.07, 6.45) is 0. The van der Waals surface area contributed by atoms with Gasteiger partial charge in [0.15, 0.2) is 5.82 Å². The Morgan fingerprint density at radius 3 is 2.33 bits per heavy atom. The van der Waals surface area contributed by atoms with E-state index >= 15 is 0 Å². The molecule has 0 bridgehead atoms. The third kappa shape index (κ3) is 1.82. The van der Waals surface area contributed by atoms with Crippen LogP contribution < -0.4 is 5.73 Å². The quantitative estimate of drug-likeness (QED) is 0.661. The molecule has 0 radical (unpaired) electrons. The highest BCUT2D eigenvalue weighted by Crippen LogP contribution is 2.27. The van der Waals surface area contributed by atoms with E-state index in [1.807, 2.05) is 6.92 Å². The number of rotatable bonds is 1. The van der Waals surface area contributed by atoms with Crippen molar-refractivity contribution in [2.45, 2.75) is 33.7 Å². The molecule has 1 aromatic heterocycles. The van der Waals surface area contributed by atoms with Crippen molar-refractivity contribution in [1.29, 1.82) is 0 Å². The van der Waals surface area contributed by atoms with Crippen LogP contribution in [-0.4, -0.2) is 15.2 Å². The summed E-state index contributed by atoms with van der Waals surface area (Å²) in [5.74, 6) is 1.50. The molecule has 0 saturated carbocycles. The lowest BCUT2D eigenvalue weighted by atomic mass is 9.87. The maximum Gasteiger partial charge on any atom is 0.167 e. The molecule has 0 aromatic carbocycles. The van der Waals surface area contributed by atoms with E-state index in [0.717, 1.165) is 5.82 Å². The van der Waals surface area contributed by atoms with Crippen molar-refractivity contribution in [1.82, 2.24) is 15.2 Å². The van der Waals surface area contributed by atoms with Gasteiger partial charge >= 0.3 is 0 Å². The molecule has 1 atom stereocenters. The molecular formula is C8H16N4. The Balaban J connectivity index is 2.85. The first-order valence-electron chi connectivity index (χ1n) is 4.06. The molecule has 1 heterocycles. The minimum absolute atomic E-state index is 0.00856. The molecule has 0 aliphatic heterocycles. The van der Waals surface area contributed by atoms with Gasteiger partial charge in [-0.1, -0.05) is 20.8 Å². The molecule has 0 aliphatic carbocycles. The fraction of sp³-hybridized carbons (Fsp3) is 0.750. The second kappa shape index (κ2) is 2.86. The average molecular weight is 168 g/mol. The molecule has 12 heavy (non-hydrogen) atoms. The van der Waals surface area contributed by atoms with Crippen molar-refractivity contribution < 1.29 is 0 Å². The zero-order valence-corrected chi connectivity index (χ0v) is 8.05. The largest absolute Gasteiger partial charge is 0.321 e. The van der Waals surface area contributed by atoms with Gasteiger partial charge in [-0.25, -0.2) is 4.98 Å². The maximum absolute atomic E-state index is 5.94. The summed E-state index contributed by atoms with van der Waals surface area (Å²) in [4.78, 5) is 4.19. The summed E-state index contributed by atoms with van der Waals surface area (Å²) in [6.45, 7) is 8.09. The summed E-state index contributed by atoms with van der Waals surface area (Å²) in [7, 11) is 0. The molecule has 3 N–H and O–H groups in total. The van der Waals surface area contributed by atoms with E-state index < -0.39 is 0 Å². The van der Waals surface area contributed by atoms with E-state index in [-0.39, 0.29) is 11.5 Å². The van der Waals surface area contributed by atoms with Crippen LogP contribution in [0.15, 0.2) is 0 Å². The number of nitrogens with one attached hydrogen (secondary N) is 1. The van der Waals surface area contributed by atoms with Crippen molar-refractivity contribution in [2.24, 2.45) is 11.1 Å². The molecule has 0 fully saturated rings. The second-order valence-electron chi connectivity index (χ2n) is 4.12. The van der Waals surface area contributed by atoms with Crippen LogP contribution in [-0.2, 0) is 0 Å². The van der Waals surface area contributed by atoms with E-state index in [4.69, 9.17) is 5.73 Å². The number of H-pyrrole nitrogens is 1. The van der Waals surface area contributed by atoms with Crippen LogP contribution in [0.25, 0.3) is 0 Å². The highest BCUT2D eigenvalue weighted by atomic mass is 15.2. The van der Waals surface area contributed by atoms with Gasteiger partial charge in [-0.3, -0.25) is 5.10 Å². The number of aromatic nitrogens is 3. The normalized spacial score (nSPS) is 14.8. The van der Waals surface area contributed by atoms with Crippen LogP contribution in [0, 0.1) is 12.3 Å². The van der Waals surface area contributed by atoms with Crippen LogP contribution in [0.5, 0.6) is 0 Å². The van der Waals surface area contributed by atoms with Crippen LogP contribution in [0.3, 0.4) is 0 Å². The van der Waals surface area contributed by atoms with Gasteiger partial charge in [0.1, 0.15) is 5.82 Å². The zero-order chi connectivity index (χ0) is 9.35. The van der Waals surface area contributed by atoms with Crippen molar-refractivity contribution in [3.63, 3.8) is 0 Å². The van der Waals surface area contributed by atoms with Gasteiger partial charge in [0.25, 0.3) is 0 Å². The molecule has 1 rings (SSSR count). The number of nitrogens with two attached hydrogens (primary N) is 1. The van der Waals surface area contributed by atoms with Crippen molar-refractivity contribution in [3.8, 4) is 0 Å². The van der Waals surface area contributed by atoms with Gasteiger partial charge in [-0.2, -0.15) is 5.10 Å². The number of aryl methyl sites for hydroxylation is 1. The number of hydrogen-bond donors (Lipinski definition) is 2. The number of nitrogens with zero attached hydrogens (tertiary/aromatic N) is 2. The first-order valence-corrected chi connectivity index (χ1v) is 4.06. The molecule has 0 saturated heterocycles. The molecule has 4 heteroatoms. The van der Waals surface area contributed by atoms with Crippen LogP contribution in [0.4, 0.5) is 0 Å². The molecule has 0 amide bonds. The molecule has 0 aliphatic rings. The van der Waals surface area contributed by atoms with Gasteiger partial charge in [0.2, 0.25) is 0 Å². The first kappa shape index (κ1) is 9.19. The SMILES string of the molecule is Cc1nc([C@@H](N)C(C)(C)C)n[nH]1. The van der Waals surface area contributed by atoms with E-state index in [9.17, 15) is 0 Å². The van der Waals surface area contributed by atoms with Crippen LogP contribution in [0.1, 0.15) is 38.5 Å². The summed E-state index contributed by atoms with van der Waals surface area (Å²) in [5, 5.41) is 6.80. The van der Waals surface area contributed by atoms with Gasteiger partial charge in [-0.15, -0.1) is 0 Å². The fourth-order valence-corrected chi connectivity index (χ4v) is 0.886. The molecule has 4 nitrogen and oxygen atoms in total. The van der Waals surface area contributed by atoms with Gasteiger partial charge in [0, 0.05) is 0 Å². The number of aromatic amines is 1. The van der Waals surface area contributed by atoms with Crippen molar-refractivity contribution in [3.05, 3.63) is 11.6 Å². The van der Waals surface area contributed by atoms with E-state index in [1.165, 1.54) is 0 Å². The highest BCUT2D eigenvalue weighted by Gasteiger charge is 2.25. The lowest BCUT2D eigenvalue weighted by molar-refractivity contribution is 0.316. The summed E-state index contributed by atoms with van der Waals surface area (Å²) < 4.78 is 0. The Bertz CT molecular complexity index is 258. The van der Waals surface area contributed by atoms with Crippen LogP contribution in [0.2, 0.25) is 0 Å². The lowest BCUT2D eigenvalue weighted by Crippen LogP contribution is -2.27. The standard InChI is InChI=1S/C8H16N4/c1-5-10-7(12-11-5)6(9)8(2,3)4/h6H,9H2,1-4H3,(H,10,11,12)/t6-/m1/s1. The smallest absolute Gasteiger partial charge is 0.167 e. The van der Waals surface area contributed by atoms with Gasteiger partial charge in [0.05, 0.1) is 6.04 Å². The lowest BCUT2D eigenvalue weighted by Gasteiger charge is -2.23. The third-order valence-electron chi connectivity index (χ3n) is 1.83. The highest BCUT2D eigenvalue weighted by molar-refractivity contribution is 4.98. The molecule has 1 aromatic rings. The minimum atomic E-state index is -0.109. The maximum atomic E-state index is 5.94. The Kier molecular flexibility index (Phi) is 2.19. The Hall–Kier alpha value is -0.900. The second-order valence-corrected chi connectivity index (χ2v) is 4.12. The zero-order valence-electron chi connectivity index (χ0n) is 8.05. The van der Waals surface area contributed by atoms with E-state index in [0.29, 0.717) is 5.82 Å². The van der Waals surface area contributed by atoms with Gasteiger partial charge < -0.3 is 5.73 Å². The van der Waals surface area contributed by atoms with Crippen molar-refractivity contribution in [2.75, 3.05) is 0 Å². The molecule has 68 valence electrons.